The fourth-order valence-electron chi connectivity index (χ4n) is 2.29. The molecule has 0 spiro atoms. The van der Waals surface area contributed by atoms with Crippen LogP contribution in [-0.4, -0.2) is 29.2 Å². The highest BCUT2D eigenvalue weighted by atomic mass is 32.2. The normalized spacial score (nSPS) is 10.7. The summed E-state index contributed by atoms with van der Waals surface area (Å²) in [5.41, 5.74) is 2.75. The molecular formula is C19H18N2O3S2. The van der Waals surface area contributed by atoms with Gasteiger partial charge in [0.2, 0.25) is 0 Å². The number of thiazole rings is 1. The minimum absolute atomic E-state index is 0.123. The van der Waals surface area contributed by atoms with Crippen LogP contribution in [-0.2, 0) is 20.7 Å². The van der Waals surface area contributed by atoms with E-state index in [0.29, 0.717) is 5.69 Å². The predicted molar refractivity (Wildman–Crippen MR) is 106 cm³/mol. The van der Waals surface area contributed by atoms with Crippen molar-refractivity contribution in [1.82, 2.24) is 4.98 Å². The molecule has 0 bridgehead atoms. The lowest BCUT2D eigenvalue weighted by Crippen LogP contribution is -2.21. The molecule has 1 N–H and O–H groups in total. The lowest BCUT2D eigenvalue weighted by molar-refractivity contribution is -0.144. The molecule has 3 aromatic rings. The standard InChI is InChI=1S/C19H18N2O3S2/c1-2-13-6-5-7-14(10-13)20-17(22)11-24-18(23)12-25-19-21-15-8-3-4-9-16(15)26-19/h3-10H,2,11-12H2,1H3,(H,20,22). The van der Waals surface area contributed by atoms with Crippen LogP contribution in [0.4, 0.5) is 5.69 Å². The number of hydrogen-bond donors (Lipinski definition) is 1. The van der Waals surface area contributed by atoms with E-state index < -0.39 is 5.97 Å². The number of thioether (sulfide) groups is 1. The molecule has 3 rings (SSSR count). The highest BCUT2D eigenvalue weighted by molar-refractivity contribution is 8.01. The Morgan fingerprint density at radius 3 is 2.85 bits per heavy atom. The van der Waals surface area contributed by atoms with Crippen LogP contribution < -0.4 is 5.32 Å². The largest absolute Gasteiger partial charge is 0.455 e. The maximum atomic E-state index is 11.9. The van der Waals surface area contributed by atoms with Gasteiger partial charge in [-0.3, -0.25) is 9.59 Å². The second kappa shape index (κ2) is 8.82. The zero-order valence-corrected chi connectivity index (χ0v) is 15.9. The third-order valence-corrected chi connectivity index (χ3v) is 5.72. The third-order valence-electron chi connectivity index (χ3n) is 3.57. The number of esters is 1. The van der Waals surface area contributed by atoms with Crippen LogP contribution in [0, 0.1) is 0 Å². The molecule has 0 aliphatic carbocycles. The van der Waals surface area contributed by atoms with Crippen molar-refractivity contribution in [1.29, 1.82) is 0 Å². The molecular weight excluding hydrogens is 368 g/mol. The summed E-state index contributed by atoms with van der Waals surface area (Å²) < 4.78 is 6.92. The first-order chi connectivity index (χ1) is 12.6. The summed E-state index contributed by atoms with van der Waals surface area (Å²) in [5.74, 6) is -0.665. The average Bonchev–Trinajstić information content (AvgIpc) is 3.08. The van der Waals surface area contributed by atoms with Gasteiger partial charge < -0.3 is 10.1 Å². The molecule has 0 aliphatic heterocycles. The van der Waals surface area contributed by atoms with E-state index in [4.69, 9.17) is 4.74 Å². The average molecular weight is 386 g/mol. The van der Waals surface area contributed by atoms with Crippen molar-refractivity contribution < 1.29 is 14.3 Å². The molecule has 0 saturated heterocycles. The fourth-order valence-corrected chi connectivity index (χ4v) is 4.15. The van der Waals surface area contributed by atoms with Gasteiger partial charge in [0.15, 0.2) is 10.9 Å². The van der Waals surface area contributed by atoms with Gasteiger partial charge >= 0.3 is 5.97 Å². The number of rotatable bonds is 7. The van der Waals surface area contributed by atoms with Gasteiger partial charge in [0.25, 0.3) is 5.91 Å². The van der Waals surface area contributed by atoms with E-state index >= 15 is 0 Å². The molecule has 26 heavy (non-hydrogen) atoms. The first-order valence-corrected chi connectivity index (χ1v) is 9.97. The number of fused-ring (bicyclic) bond motifs is 1. The Hall–Kier alpha value is -2.38. The number of carbonyl (C=O) groups excluding carboxylic acids is 2. The van der Waals surface area contributed by atoms with Crippen LogP contribution in [0.1, 0.15) is 12.5 Å². The van der Waals surface area contributed by atoms with Crippen LogP contribution in [0.5, 0.6) is 0 Å². The van der Waals surface area contributed by atoms with Crippen molar-refractivity contribution >= 4 is 50.9 Å². The molecule has 0 saturated carbocycles. The number of nitrogens with zero attached hydrogens (tertiary/aromatic N) is 1. The van der Waals surface area contributed by atoms with Gasteiger partial charge in [0.05, 0.1) is 16.0 Å². The second-order valence-corrected chi connectivity index (χ2v) is 7.75. The summed E-state index contributed by atoms with van der Waals surface area (Å²) in [6.07, 6.45) is 0.891. The van der Waals surface area contributed by atoms with Crippen molar-refractivity contribution in [2.45, 2.75) is 17.7 Å². The number of amides is 1. The summed E-state index contributed by atoms with van der Waals surface area (Å²) in [6.45, 7) is 1.75. The topological polar surface area (TPSA) is 68.3 Å². The number of anilines is 1. The Labute approximate surface area is 159 Å². The number of nitrogens with one attached hydrogen (secondary N) is 1. The van der Waals surface area contributed by atoms with Gasteiger partial charge in [-0.05, 0) is 36.2 Å². The van der Waals surface area contributed by atoms with E-state index in [1.165, 1.54) is 23.1 Å². The molecule has 134 valence electrons. The molecule has 1 amide bonds. The number of benzene rings is 2. The zero-order valence-electron chi connectivity index (χ0n) is 14.2. The number of ether oxygens (including phenoxy) is 1. The van der Waals surface area contributed by atoms with E-state index in [-0.39, 0.29) is 18.3 Å². The van der Waals surface area contributed by atoms with Crippen molar-refractivity contribution in [2.75, 3.05) is 17.7 Å². The molecule has 1 heterocycles. The van der Waals surface area contributed by atoms with Crippen molar-refractivity contribution in [2.24, 2.45) is 0 Å². The summed E-state index contributed by atoms with van der Waals surface area (Å²) in [7, 11) is 0. The van der Waals surface area contributed by atoms with E-state index in [0.717, 1.165) is 26.5 Å². The van der Waals surface area contributed by atoms with Crippen LogP contribution in [0.3, 0.4) is 0 Å². The van der Waals surface area contributed by atoms with E-state index in [1.807, 2.05) is 55.5 Å². The number of carbonyl (C=O) groups is 2. The van der Waals surface area contributed by atoms with Gasteiger partial charge in [-0.1, -0.05) is 43.0 Å². The van der Waals surface area contributed by atoms with Gasteiger partial charge in [-0.2, -0.15) is 0 Å². The van der Waals surface area contributed by atoms with Crippen LogP contribution in [0.2, 0.25) is 0 Å². The third kappa shape index (κ3) is 5.06. The number of para-hydroxylation sites is 1. The number of aromatic nitrogens is 1. The number of hydrogen-bond acceptors (Lipinski definition) is 6. The molecule has 0 atom stereocenters. The van der Waals surface area contributed by atoms with Crippen LogP contribution in [0.25, 0.3) is 10.2 Å². The molecule has 0 radical (unpaired) electrons. The first kappa shape index (κ1) is 18.4. The highest BCUT2D eigenvalue weighted by Gasteiger charge is 2.11. The predicted octanol–water partition coefficient (Wildman–Crippen LogP) is 4.13. The SMILES string of the molecule is CCc1cccc(NC(=O)COC(=O)CSc2nc3ccccc3s2)c1. The minimum atomic E-state index is -0.438. The summed E-state index contributed by atoms with van der Waals surface area (Å²) in [4.78, 5) is 28.2. The van der Waals surface area contributed by atoms with Crippen molar-refractivity contribution in [3.8, 4) is 0 Å². The monoisotopic (exact) mass is 386 g/mol. The fraction of sp³-hybridized carbons (Fsp3) is 0.211. The van der Waals surface area contributed by atoms with Gasteiger partial charge in [0, 0.05) is 5.69 Å². The smallest absolute Gasteiger partial charge is 0.316 e. The van der Waals surface area contributed by atoms with Crippen molar-refractivity contribution in [3.05, 3.63) is 54.1 Å². The Bertz CT molecular complexity index is 891. The van der Waals surface area contributed by atoms with E-state index in [9.17, 15) is 9.59 Å². The maximum absolute atomic E-state index is 11.9. The molecule has 5 nitrogen and oxygen atoms in total. The molecule has 0 unspecified atom stereocenters. The van der Waals surface area contributed by atoms with E-state index in [2.05, 4.69) is 10.3 Å². The Kier molecular flexibility index (Phi) is 6.25. The molecule has 7 heteroatoms. The summed E-state index contributed by atoms with van der Waals surface area (Å²) in [6, 6.07) is 15.4. The minimum Gasteiger partial charge on any atom is -0.455 e. The lowest BCUT2D eigenvalue weighted by atomic mass is 10.1. The lowest BCUT2D eigenvalue weighted by Gasteiger charge is -2.07. The Morgan fingerprint density at radius 1 is 1.19 bits per heavy atom. The van der Waals surface area contributed by atoms with E-state index in [1.54, 1.807) is 0 Å². The quantitative estimate of drug-likeness (QED) is 0.488. The van der Waals surface area contributed by atoms with Gasteiger partial charge in [-0.25, -0.2) is 4.98 Å². The van der Waals surface area contributed by atoms with Gasteiger partial charge in [-0.15, -0.1) is 11.3 Å². The van der Waals surface area contributed by atoms with Gasteiger partial charge in [0.1, 0.15) is 0 Å². The second-order valence-electron chi connectivity index (χ2n) is 5.50. The molecule has 2 aromatic carbocycles. The summed E-state index contributed by atoms with van der Waals surface area (Å²) >= 11 is 2.85. The zero-order chi connectivity index (χ0) is 18.4. The highest BCUT2D eigenvalue weighted by Crippen LogP contribution is 2.29. The Balaban J connectivity index is 1.43. The molecule has 0 fully saturated rings. The molecule has 0 aliphatic rings. The first-order valence-electron chi connectivity index (χ1n) is 8.17. The van der Waals surface area contributed by atoms with Crippen molar-refractivity contribution in [3.63, 3.8) is 0 Å². The summed E-state index contributed by atoms with van der Waals surface area (Å²) in [5, 5.41) is 2.73. The number of aryl methyl sites for hydroxylation is 1. The molecule has 1 aromatic heterocycles. The van der Waals surface area contributed by atoms with Crippen LogP contribution in [0.15, 0.2) is 52.9 Å². The Morgan fingerprint density at radius 2 is 2.04 bits per heavy atom. The van der Waals surface area contributed by atoms with Crippen LogP contribution >= 0.6 is 23.1 Å². The maximum Gasteiger partial charge on any atom is 0.316 e.